The zero-order valence-corrected chi connectivity index (χ0v) is 29.5. The number of thiazole rings is 1. The Kier molecular flexibility index (Phi) is 8.93. The van der Waals surface area contributed by atoms with Crippen molar-refractivity contribution in [2.24, 2.45) is 0 Å². The van der Waals surface area contributed by atoms with Crippen LogP contribution in [0.3, 0.4) is 0 Å². The Balaban J connectivity index is 0.00000378. The summed E-state index contributed by atoms with van der Waals surface area (Å²) in [7, 11) is 0. The summed E-state index contributed by atoms with van der Waals surface area (Å²) in [6.45, 7) is 2.23. The van der Waals surface area contributed by atoms with Crippen LogP contribution < -0.4 is 0 Å². The minimum atomic E-state index is 0. The topological polar surface area (TPSA) is 69.8 Å². The average molecular weight is 830 g/mol. The predicted molar refractivity (Wildman–Crippen MR) is 196 cm³/mol. The molecule has 0 saturated heterocycles. The number of hydrogen-bond acceptors (Lipinski definition) is 5. The van der Waals surface area contributed by atoms with E-state index in [1.54, 1.807) is 23.6 Å². The summed E-state index contributed by atoms with van der Waals surface area (Å²) in [5, 5.41) is 23.5. The van der Waals surface area contributed by atoms with Crippen LogP contribution in [0.4, 0.5) is 0 Å². The molecule has 0 radical (unpaired) electrons. The van der Waals surface area contributed by atoms with Crippen LogP contribution in [0.25, 0.3) is 65.1 Å². The number of benzene rings is 6. The smallest absolute Gasteiger partial charge is 0.127 e. The SMILES string of the molecule is CC(c1ccccc1)c1cc(-c2[c-]c(-c3cc(-c4ccccc4)c(C#N)cn3)cc3ccccc23)c2nc(-c3ccccc3O)sc2c1.[Pt]. The molecule has 8 aromatic rings. The van der Waals surface area contributed by atoms with Gasteiger partial charge in [-0.3, -0.25) is 4.98 Å². The molecule has 49 heavy (non-hydrogen) atoms. The normalized spacial score (nSPS) is 11.6. The molecule has 0 fully saturated rings. The Morgan fingerprint density at radius 2 is 1.47 bits per heavy atom. The van der Waals surface area contributed by atoms with Crippen LogP contribution in [0.5, 0.6) is 5.75 Å². The largest absolute Gasteiger partial charge is 0.507 e. The van der Waals surface area contributed by atoms with Gasteiger partial charge < -0.3 is 5.11 Å². The van der Waals surface area contributed by atoms with Gasteiger partial charge in [-0.15, -0.1) is 29.0 Å². The number of nitriles is 1. The number of rotatable bonds is 6. The maximum absolute atomic E-state index is 10.7. The third-order valence-electron chi connectivity index (χ3n) is 8.90. The molecule has 8 rings (SSSR count). The molecule has 0 aliphatic rings. The molecule has 0 bridgehead atoms. The molecule has 2 heterocycles. The minimum absolute atomic E-state index is 0. The summed E-state index contributed by atoms with van der Waals surface area (Å²) in [4.78, 5) is 9.92. The van der Waals surface area contributed by atoms with Gasteiger partial charge in [0.05, 0.1) is 16.6 Å². The Morgan fingerprint density at radius 1 is 0.755 bits per heavy atom. The minimum Gasteiger partial charge on any atom is -0.507 e. The van der Waals surface area contributed by atoms with Crippen molar-refractivity contribution in [3.63, 3.8) is 0 Å². The molecule has 6 aromatic carbocycles. The van der Waals surface area contributed by atoms with Gasteiger partial charge in [0.15, 0.2) is 0 Å². The number of phenolic OH excluding ortho intramolecular Hbond substituents is 1. The van der Waals surface area contributed by atoms with Crippen molar-refractivity contribution in [3.05, 3.63) is 162 Å². The molecule has 1 N–H and O–H groups in total. The van der Waals surface area contributed by atoms with E-state index in [1.165, 1.54) is 11.1 Å². The molecule has 0 amide bonds. The summed E-state index contributed by atoms with van der Waals surface area (Å²) in [5.41, 5.74) is 9.74. The van der Waals surface area contributed by atoms with Gasteiger partial charge >= 0.3 is 0 Å². The number of fused-ring (bicyclic) bond motifs is 2. The van der Waals surface area contributed by atoms with Crippen LogP contribution >= 0.6 is 11.3 Å². The molecule has 4 nitrogen and oxygen atoms in total. The molecule has 2 aromatic heterocycles. The number of aromatic nitrogens is 2. The van der Waals surface area contributed by atoms with Gasteiger partial charge in [0, 0.05) is 43.6 Å². The van der Waals surface area contributed by atoms with Crippen molar-refractivity contribution >= 4 is 32.3 Å². The zero-order valence-electron chi connectivity index (χ0n) is 26.4. The monoisotopic (exact) mass is 829 g/mol. The van der Waals surface area contributed by atoms with E-state index in [2.05, 4.69) is 79.7 Å². The van der Waals surface area contributed by atoms with Crippen LogP contribution in [-0.2, 0) is 21.1 Å². The number of hydrogen-bond donors (Lipinski definition) is 1. The second kappa shape index (κ2) is 13.6. The van der Waals surface area contributed by atoms with Gasteiger partial charge in [-0.25, -0.2) is 4.98 Å². The van der Waals surface area contributed by atoms with Crippen molar-refractivity contribution in [3.8, 4) is 55.9 Å². The second-order valence-corrected chi connectivity index (χ2v) is 12.9. The van der Waals surface area contributed by atoms with Crippen molar-refractivity contribution in [1.82, 2.24) is 9.97 Å². The van der Waals surface area contributed by atoms with Crippen LogP contribution in [-0.4, -0.2) is 15.1 Å². The van der Waals surface area contributed by atoms with E-state index in [4.69, 9.17) is 9.97 Å². The van der Waals surface area contributed by atoms with E-state index in [-0.39, 0.29) is 32.7 Å². The van der Waals surface area contributed by atoms with Crippen LogP contribution in [0.2, 0.25) is 0 Å². The van der Waals surface area contributed by atoms with Gasteiger partial charge in [0.2, 0.25) is 0 Å². The Morgan fingerprint density at radius 3 is 2.24 bits per heavy atom. The van der Waals surface area contributed by atoms with Crippen LogP contribution in [0, 0.1) is 17.4 Å². The van der Waals surface area contributed by atoms with E-state index in [0.717, 1.165) is 59.5 Å². The average Bonchev–Trinajstić information content (AvgIpc) is 3.58. The van der Waals surface area contributed by atoms with Crippen LogP contribution in [0.15, 0.2) is 140 Å². The molecule has 0 aliphatic heterocycles. The first kappa shape index (κ1) is 32.2. The van der Waals surface area contributed by atoms with E-state index < -0.39 is 0 Å². The van der Waals surface area contributed by atoms with Gasteiger partial charge in [-0.2, -0.15) is 5.26 Å². The molecule has 0 aliphatic carbocycles. The number of para-hydroxylation sites is 1. The fourth-order valence-corrected chi connectivity index (χ4v) is 7.41. The molecule has 1 atom stereocenters. The Bertz CT molecular complexity index is 2500. The van der Waals surface area contributed by atoms with E-state index >= 15 is 0 Å². The fourth-order valence-electron chi connectivity index (χ4n) is 6.34. The van der Waals surface area contributed by atoms with E-state index in [0.29, 0.717) is 11.1 Å². The van der Waals surface area contributed by atoms with Gasteiger partial charge in [-0.05, 0) is 40.5 Å². The molecular weight excluding hydrogens is 802 g/mol. The molecular formula is C43H28N3OPtS-. The summed E-state index contributed by atoms with van der Waals surface area (Å²) in [5.74, 6) is 0.337. The van der Waals surface area contributed by atoms with Gasteiger partial charge in [-0.1, -0.05) is 138 Å². The van der Waals surface area contributed by atoms with Gasteiger partial charge in [0.1, 0.15) is 16.8 Å². The molecule has 0 saturated carbocycles. The quantitative estimate of drug-likeness (QED) is 0.170. The first-order chi connectivity index (χ1) is 23.6. The maximum Gasteiger partial charge on any atom is 0.127 e. The standard InChI is InChI=1S/C43H28N3OS.Pt/c1-27(28-12-4-2-5-13-28)31-21-38(42-41(23-31)48-43(46-42)35-18-10-11-19-40(35)47)37-22-32(20-30-16-8-9-17-34(30)37)39-24-36(33(25-44)26-45-39)29-14-6-3-7-15-29;/h2-21,23-24,26-27,47H,1H3;/q-1;. The molecule has 6 heteroatoms. The molecule has 1 unspecified atom stereocenters. The number of nitrogens with zero attached hydrogens (tertiary/aromatic N) is 3. The number of aromatic hydroxyl groups is 1. The van der Waals surface area contributed by atoms with Crippen LogP contribution in [0.1, 0.15) is 29.5 Å². The second-order valence-electron chi connectivity index (χ2n) is 11.8. The molecule has 0 spiro atoms. The fraction of sp³-hybridized carbons (Fsp3) is 0.0465. The third-order valence-corrected chi connectivity index (χ3v) is 9.93. The van der Waals surface area contributed by atoms with Crippen molar-refractivity contribution in [2.45, 2.75) is 12.8 Å². The number of phenols is 1. The van der Waals surface area contributed by atoms with E-state index in [9.17, 15) is 10.4 Å². The Labute approximate surface area is 303 Å². The predicted octanol–water partition coefficient (Wildman–Crippen LogP) is 11.0. The summed E-state index contributed by atoms with van der Waals surface area (Å²) >= 11 is 1.58. The maximum atomic E-state index is 10.7. The summed E-state index contributed by atoms with van der Waals surface area (Å²) in [6, 6.07) is 50.8. The summed E-state index contributed by atoms with van der Waals surface area (Å²) in [6.07, 6.45) is 1.65. The van der Waals surface area contributed by atoms with Crippen molar-refractivity contribution in [1.29, 1.82) is 5.26 Å². The Hall–Kier alpha value is -5.40. The van der Waals surface area contributed by atoms with Crippen molar-refractivity contribution < 1.29 is 26.2 Å². The third kappa shape index (κ3) is 6.06. The molecule has 238 valence electrons. The zero-order chi connectivity index (χ0) is 32.6. The van der Waals surface area contributed by atoms with Crippen molar-refractivity contribution in [2.75, 3.05) is 0 Å². The summed E-state index contributed by atoms with van der Waals surface area (Å²) < 4.78 is 1.04. The van der Waals surface area contributed by atoms with E-state index in [1.807, 2.05) is 66.7 Å². The van der Waals surface area contributed by atoms with Gasteiger partial charge in [0.25, 0.3) is 0 Å². The number of pyridine rings is 1. The first-order valence-electron chi connectivity index (χ1n) is 15.8. The first-order valence-corrected chi connectivity index (χ1v) is 16.6.